The molecule has 0 fully saturated rings. The van der Waals surface area contributed by atoms with Gasteiger partial charge in [0, 0.05) is 25.4 Å². The number of methoxy groups -OCH3 is 1. The smallest absolute Gasteiger partial charge is 0.249 e. The molecule has 0 spiro atoms. The molecule has 0 amide bonds. The third-order valence-corrected chi connectivity index (χ3v) is 7.02. The summed E-state index contributed by atoms with van der Waals surface area (Å²) in [6, 6.07) is 9.25. The van der Waals surface area contributed by atoms with Gasteiger partial charge in [-0.2, -0.15) is 4.99 Å². The summed E-state index contributed by atoms with van der Waals surface area (Å²) in [4.78, 5) is 24.5. The summed E-state index contributed by atoms with van der Waals surface area (Å²) < 4.78 is 20.4. The van der Waals surface area contributed by atoms with Gasteiger partial charge in [-0.05, 0) is 25.8 Å². The lowest BCUT2D eigenvalue weighted by Gasteiger charge is -2.29. The van der Waals surface area contributed by atoms with Crippen LogP contribution in [0, 0.1) is 35.5 Å². The van der Waals surface area contributed by atoms with Crippen LogP contribution in [-0.4, -0.2) is 43.1 Å². The maximum Gasteiger partial charge on any atom is 0.249 e. The maximum atomic E-state index is 15.1. The predicted molar refractivity (Wildman–Crippen MR) is 136 cm³/mol. The summed E-state index contributed by atoms with van der Waals surface area (Å²) in [7, 11) is 3.17. The van der Waals surface area contributed by atoms with Gasteiger partial charge in [0.25, 0.3) is 0 Å². The molecule has 1 aromatic carbocycles. The van der Waals surface area contributed by atoms with E-state index in [0.29, 0.717) is 24.6 Å². The fraction of sp³-hybridized carbons (Fsp3) is 0.519. The Morgan fingerprint density at radius 3 is 2.47 bits per heavy atom. The van der Waals surface area contributed by atoms with Crippen LogP contribution in [-0.2, 0) is 9.53 Å². The van der Waals surface area contributed by atoms with Crippen LogP contribution in [0.5, 0.6) is 0 Å². The van der Waals surface area contributed by atoms with Crippen LogP contribution in [0.15, 0.2) is 52.0 Å². The fourth-order valence-corrected chi connectivity index (χ4v) is 3.91. The first kappa shape index (κ1) is 27.1. The molecule has 0 bridgehead atoms. The average molecular weight is 469 g/mol. The van der Waals surface area contributed by atoms with E-state index in [4.69, 9.17) is 21.9 Å². The zero-order chi connectivity index (χ0) is 25.6. The van der Waals surface area contributed by atoms with Gasteiger partial charge >= 0.3 is 0 Å². The number of ether oxygens (including phenoxy) is 1. The molecule has 0 saturated carbocycles. The van der Waals surface area contributed by atoms with E-state index >= 15 is 4.39 Å². The van der Waals surface area contributed by atoms with Gasteiger partial charge in [0.2, 0.25) is 5.88 Å². The summed E-state index contributed by atoms with van der Waals surface area (Å²) >= 11 is 0. The van der Waals surface area contributed by atoms with Gasteiger partial charge in [0.05, 0.1) is 30.3 Å². The van der Waals surface area contributed by atoms with Crippen molar-refractivity contribution in [3.8, 4) is 12.3 Å². The van der Waals surface area contributed by atoms with Gasteiger partial charge in [-0.15, -0.1) is 6.42 Å². The quantitative estimate of drug-likeness (QED) is 0.271. The molecule has 2 rings (SSSR count). The molecule has 1 aliphatic heterocycles. The Balaban J connectivity index is 2.45. The van der Waals surface area contributed by atoms with E-state index < -0.39 is 23.2 Å². The van der Waals surface area contributed by atoms with Crippen LogP contribution in [0.25, 0.3) is 0 Å². The predicted octanol–water partition coefficient (Wildman–Crippen LogP) is 4.74. The Morgan fingerprint density at radius 1 is 1.32 bits per heavy atom. The molecular weight excluding hydrogens is 431 g/mol. The van der Waals surface area contributed by atoms with Crippen molar-refractivity contribution < 1.29 is 13.9 Å². The standard InChI is InChI=1S/C27H37FN4O2/c1-9-27(6,10-2)24(28)26(34-8)30-19(5)32(7)16-21-22(20-14-12-11-13-15-20)31-25(29)18(4)17(3)23(21)33/h1,11-15,17-18,21-22H,10,16H2,2-8H3,(H2,29,31)/b26-24-,30-19?/t17?,18?,21-,22-,27?/m1/s1. The summed E-state index contributed by atoms with van der Waals surface area (Å²) in [5, 5.41) is 0. The number of halogens is 1. The monoisotopic (exact) mass is 468 g/mol. The van der Waals surface area contributed by atoms with Crippen molar-refractivity contribution in [3.05, 3.63) is 47.6 Å². The van der Waals surface area contributed by atoms with Crippen molar-refractivity contribution >= 4 is 17.5 Å². The SMILES string of the molecule is C#CC(C)(CC)/C(F)=C(\N=C(C)N(C)C[C@H]1C(=O)C(C)C(C)C(N)=N[C@@H]1c1ccccc1)OC. The highest BCUT2D eigenvalue weighted by molar-refractivity contribution is 5.94. The lowest BCUT2D eigenvalue weighted by atomic mass is 9.81. The van der Waals surface area contributed by atoms with Crippen LogP contribution in [0.2, 0.25) is 0 Å². The molecule has 1 aromatic rings. The van der Waals surface area contributed by atoms with Gasteiger partial charge < -0.3 is 15.4 Å². The third kappa shape index (κ3) is 5.67. The number of allylic oxidation sites excluding steroid dienone is 1. The maximum absolute atomic E-state index is 15.1. The van der Waals surface area contributed by atoms with Gasteiger partial charge in [-0.1, -0.05) is 57.0 Å². The Bertz CT molecular complexity index is 1010. The molecule has 5 atom stereocenters. The molecule has 2 N–H and O–H groups in total. The number of nitrogens with two attached hydrogens (primary N) is 1. The highest BCUT2D eigenvalue weighted by Gasteiger charge is 2.39. The van der Waals surface area contributed by atoms with Gasteiger partial charge in [0.1, 0.15) is 11.6 Å². The van der Waals surface area contributed by atoms with Crippen LogP contribution < -0.4 is 5.73 Å². The minimum atomic E-state index is -1.11. The Hall–Kier alpha value is -3.14. The van der Waals surface area contributed by atoms with E-state index in [1.54, 1.807) is 13.8 Å². The number of aliphatic imine (C=N–C) groups is 2. The molecule has 1 aliphatic rings. The van der Waals surface area contributed by atoms with Crippen LogP contribution in [0.3, 0.4) is 0 Å². The van der Waals surface area contributed by atoms with Crippen LogP contribution in [0.4, 0.5) is 4.39 Å². The van der Waals surface area contributed by atoms with Gasteiger partial charge in [0.15, 0.2) is 5.83 Å². The summed E-state index contributed by atoms with van der Waals surface area (Å²) in [6.45, 7) is 9.34. The number of amidine groups is 2. The fourth-order valence-electron chi connectivity index (χ4n) is 3.91. The van der Waals surface area contributed by atoms with E-state index in [9.17, 15) is 4.79 Å². The largest absolute Gasteiger partial charge is 0.479 e. The van der Waals surface area contributed by atoms with Gasteiger partial charge in [-0.25, -0.2) is 4.39 Å². The zero-order valence-corrected chi connectivity index (χ0v) is 21.3. The minimum Gasteiger partial charge on any atom is -0.479 e. The van der Waals surface area contributed by atoms with E-state index in [0.717, 1.165) is 5.56 Å². The number of rotatable bonds is 7. The highest BCUT2D eigenvalue weighted by atomic mass is 19.1. The van der Waals surface area contributed by atoms with Crippen molar-refractivity contribution in [1.29, 1.82) is 0 Å². The van der Waals surface area contributed by atoms with E-state index in [-0.39, 0.29) is 23.5 Å². The van der Waals surface area contributed by atoms with E-state index in [1.807, 2.05) is 63.1 Å². The van der Waals surface area contributed by atoms with Crippen molar-refractivity contribution in [2.75, 3.05) is 20.7 Å². The first-order valence-electron chi connectivity index (χ1n) is 11.6. The average Bonchev–Trinajstić information content (AvgIpc) is 2.93. The summed E-state index contributed by atoms with van der Waals surface area (Å²) in [5.74, 6) is 1.90. The molecular formula is C27H37FN4O2. The Labute approximate surface area is 203 Å². The Kier molecular flexibility index (Phi) is 9.03. The lowest BCUT2D eigenvalue weighted by molar-refractivity contribution is -0.127. The van der Waals surface area contributed by atoms with E-state index in [1.165, 1.54) is 7.11 Å². The molecule has 6 nitrogen and oxygen atoms in total. The second-order valence-electron chi connectivity index (χ2n) is 9.19. The molecule has 7 heteroatoms. The number of carbonyl (C=O) groups is 1. The van der Waals surface area contributed by atoms with Crippen molar-refractivity contribution in [2.45, 2.75) is 47.1 Å². The molecule has 34 heavy (non-hydrogen) atoms. The molecule has 0 aliphatic carbocycles. The number of benzene rings is 1. The molecule has 1 heterocycles. The second kappa shape index (κ2) is 11.3. The molecule has 0 aromatic heterocycles. The normalized spacial score (nSPS) is 25.9. The molecule has 184 valence electrons. The summed E-state index contributed by atoms with van der Waals surface area (Å²) in [5.41, 5.74) is 6.09. The molecule has 3 unspecified atom stereocenters. The first-order valence-corrected chi connectivity index (χ1v) is 11.6. The van der Waals surface area contributed by atoms with Gasteiger partial charge in [-0.3, -0.25) is 9.79 Å². The number of ketones is 1. The summed E-state index contributed by atoms with van der Waals surface area (Å²) in [6.07, 6.45) is 5.96. The molecule has 0 radical (unpaired) electrons. The zero-order valence-electron chi connectivity index (χ0n) is 21.3. The van der Waals surface area contributed by atoms with Crippen molar-refractivity contribution in [1.82, 2.24) is 4.90 Å². The number of hydrogen-bond donors (Lipinski definition) is 1. The van der Waals surface area contributed by atoms with Crippen molar-refractivity contribution in [2.24, 2.45) is 38.9 Å². The first-order chi connectivity index (χ1) is 16.0. The Morgan fingerprint density at radius 2 is 1.94 bits per heavy atom. The number of terminal acetylenes is 1. The third-order valence-electron chi connectivity index (χ3n) is 7.02. The van der Waals surface area contributed by atoms with Crippen molar-refractivity contribution in [3.63, 3.8) is 0 Å². The topological polar surface area (TPSA) is 80.3 Å². The molecule has 0 saturated heterocycles. The lowest BCUT2D eigenvalue weighted by Crippen LogP contribution is -2.39. The number of nitrogens with zero attached hydrogens (tertiary/aromatic N) is 3. The van der Waals surface area contributed by atoms with E-state index in [2.05, 4.69) is 10.9 Å². The number of carbonyl (C=O) groups excluding carboxylic acids is 1. The number of hydrogen-bond acceptors (Lipinski definition) is 5. The second-order valence-corrected chi connectivity index (χ2v) is 9.19. The van der Waals surface area contributed by atoms with Crippen LogP contribution >= 0.6 is 0 Å². The highest BCUT2D eigenvalue weighted by Crippen LogP contribution is 2.36. The minimum absolute atomic E-state index is 0.0878. The van der Waals surface area contributed by atoms with Crippen LogP contribution in [0.1, 0.15) is 52.6 Å². The number of Topliss-reactive ketones (excluding diaryl/α,β-unsaturated/α-hetero) is 1.